The fourth-order valence-corrected chi connectivity index (χ4v) is 3.58. The van der Waals surface area contributed by atoms with Crippen molar-refractivity contribution in [2.24, 2.45) is 0 Å². The fraction of sp³-hybridized carbons (Fsp3) is 0.261. The molecule has 1 fully saturated rings. The van der Waals surface area contributed by atoms with Crippen LogP contribution in [0.4, 0.5) is 0 Å². The van der Waals surface area contributed by atoms with Gasteiger partial charge in [-0.1, -0.05) is 42.5 Å². The Morgan fingerprint density at radius 3 is 2.54 bits per heavy atom. The quantitative estimate of drug-likeness (QED) is 0.672. The molecule has 4 rings (SSSR count). The minimum absolute atomic E-state index is 0.0286. The van der Waals surface area contributed by atoms with E-state index in [1.807, 2.05) is 42.5 Å². The van der Waals surface area contributed by atoms with Crippen molar-refractivity contribution < 1.29 is 4.79 Å². The molecule has 1 aromatic heterocycles. The maximum absolute atomic E-state index is 12.6. The molecular weight excluding hydrogens is 348 g/mol. The summed E-state index contributed by atoms with van der Waals surface area (Å²) in [7, 11) is 0. The molecule has 0 aliphatic carbocycles. The van der Waals surface area contributed by atoms with Gasteiger partial charge in [-0.25, -0.2) is 4.98 Å². The molecule has 0 spiro atoms. The molecule has 142 valence electrons. The molecule has 1 aliphatic rings. The van der Waals surface area contributed by atoms with Gasteiger partial charge in [-0.2, -0.15) is 0 Å². The van der Waals surface area contributed by atoms with Crippen LogP contribution >= 0.6 is 0 Å². The summed E-state index contributed by atoms with van der Waals surface area (Å²) in [5.74, 6) is -0.122. The van der Waals surface area contributed by atoms with Gasteiger partial charge in [0.15, 0.2) is 0 Å². The molecule has 1 unspecified atom stereocenters. The van der Waals surface area contributed by atoms with Crippen LogP contribution in [-0.4, -0.2) is 40.4 Å². The maximum Gasteiger partial charge on any atom is 0.244 e. The molecule has 5 heteroatoms. The number of hydrogen-bond acceptors (Lipinski definition) is 4. The molecule has 1 N–H and O–H groups in total. The highest BCUT2D eigenvalue weighted by Crippen LogP contribution is 2.18. The highest BCUT2D eigenvalue weighted by molar-refractivity contribution is 5.92. The summed E-state index contributed by atoms with van der Waals surface area (Å²) in [6.07, 6.45) is 7.41. The standard InChI is InChI=1S/C23H24N4O/c28-23(13-12-19-16-24-20-10-4-5-11-21(20)25-19)26-22(17-27-14-6-7-15-27)18-8-2-1-3-9-18/h1-5,8-13,16,22H,6-7,14-15,17H2,(H,26,28)/b13-12+. The molecular formula is C23H24N4O. The summed E-state index contributed by atoms with van der Waals surface area (Å²) in [6.45, 7) is 3.03. The lowest BCUT2D eigenvalue weighted by atomic mass is 10.1. The van der Waals surface area contributed by atoms with Crippen LogP contribution in [0.2, 0.25) is 0 Å². The summed E-state index contributed by atoms with van der Waals surface area (Å²) in [6, 6.07) is 17.8. The van der Waals surface area contributed by atoms with Gasteiger partial charge in [-0.3, -0.25) is 9.78 Å². The molecule has 1 amide bonds. The summed E-state index contributed by atoms with van der Waals surface area (Å²) < 4.78 is 0. The van der Waals surface area contributed by atoms with Crippen LogP contribution in [-0.2, 0) is 4.79 Å². The van der Waals surface area contributed by atoms with Gasteiger partial charge in [-0.05, 0) is 49.7 Å². The Balaban J connectivity index is 1.46. The Morgan fingerprint density at radius 2 is 1.75 bits per heavy atom. The van der Waals surface area contributed by atoms with Crippen molar-refractivity contribution >= 4 is 23.0 Å². The van der Waals surface area contributed by atoms with E-state index in [1.54, 1.807) is 18.3 Å². The van der Waals surface area contributed by atoms with E-state index in [1.165, 1.54) is 12.8 Å². The van der Waals surface area contributed by atoms with Crippen LogP contribution in [0.3, 0.4) is 0 Å². The van der Waals surface area contributed by atoms with Crippen LogP contribution < -0.4 is 5.32 Å². The Hall–Kier alpha value is -3.05. The molecule has 0 saturated carbocycles. The van der Waals surface area contributed by atoms with Gasteiger partial charge in [0.25, 0.3) is 0 Å². The molecule has 1 saturated heterocycles. The number of amides is 1. The van der Waals surface area contributed by atoms with Crippen molar-refractivity contribution in [3.8, 4) is 0 Å². The molecule has 2 heterocycles. The highest BCUT2D eigenvalue weighted by atomic mass is 16.1. The zero-order chi connectivity index (χ0) is 19.2. The van der Waals surface area contributed by atoms with Crippen LogP contribution in [0.25, 0.3) is 17.1 Å². The van der Waals surface area contributed by atoms with Gasteiger partial charge in [0.1, 0.15) is 0 Å². The lowest BCUT2D eigenvalue weighted by Crippen LogP contribution is -2.36. The Bertz CT molecular complexity index is 965. The number of likely N-dealkylation sites (tertiary alicyclic amines) is 1. The molecule has 3 aromatic rings. The number of rotatable bonds is 6. The van der Waals surface area contributed by atoms with Crippen LogP contribution in [0, 0.1) is 0 Å². The number of aromatic nitrogens is 2. The van der Waals surface area contributed by atoms with Crippen LogP contribution in [0.1, 0.15) is 30.1 Å². The van der Waals surface area contributed by atoms with Gasteiger partial charge in [-0.15, -0.1) is 0 Å². The SMILES string of the molecule is O=C(/C=C/c1cnc2ccccc2n1)NC(CN1CCCC1)c1ccccc1. The second kappa shape index (κ2) is 8.76. The molecule has 0 radical (unpaired) electrons. The van der Waals surface area contributed by atoms with Gasteiger partial charge >= 0.3 is 0 Å². The first-order valence-corrected chi connectivity index (χ1v) is 9.75. The maximum atomic E-state index is 12.6. The van der Waals surface area contributed by atoms with Crippen molar-refractivity contribution in [3.05, 3.63) is 78.1 Å². The zero-order valence-corrected chi connectivity index (χ0v) is 15.8. The normalized spacial score (nSPS) is 15.9. The molecule has 1 atom stereocenters. The van der Waals surface area contributed by atoms with E-state index in [4.69, 9.17) is 0 Å². The first-order chi connectivity index (χ1) is 13.8. The van der Waals surface area contributed by atoms with Crippen molar-refractivity contribution in [1.29, 1.82) is 0 Å². The minimum atomic E-state index is -0.122. The van der Waals surface area contributed by atoms with Gasteiger partial charge < -0.3 is 10.2 Å². The summed E-state index contributed by atoms with van der Waals surface area (Å²) in [5, 5.41) is 3.15. The van der Waals surface area contributed by atoms with Crippen LogP contribution in [0.5, 0.6) is 0 Å². The van der Waals surface area contributed by atoms with Crippen molar-refractivity contribution in [3.63, 3.8) is 0 Å². The third-order valence-corrected chi connectivity index (χ3v) is 5.03. The number of nitrogens with zero attached hydrogens (tertiary/aromatic N) is 3. The molecule has 0 bridgehead atoms. The number of fused-ring (bicyclic) bond motifs is 1. The van der Waals surface area contributed by atoms with Crippen molar-refractivity contribution in [1.82, 2.24) is 20.2 Å². The number of carbonyl (C=O) groups excluding carboxylic acids is 1. The first kappa shape index (κ1) is 18.3. The smallest absolute Gasteiger partial charge is 0.244 e. The third-order valence-electron chi connectivity index (χ3n) is 5.03. The molecule has 1 aliphatic heterocycles. The first-order valence-electron chi connectivity index (χ1n) is 9.75. The zero-order valence-electron chi connectivity index (χ0n) is 15.8. The number of carbonyl (C=O) groups is 1. The lowest BCUT2D eigenvalue weighted by Gasteiger charge is -2.24. The van der Waals surface area contributed by atoms with E-state index in [9.17, 15) is 4.79 Å². The third kappa shape index (κ3) is 4.61. The predicted octanol–water partition coefficient (Wildman–Crippen LogP) is 3.60. The largest absolute Gasteiger partial charge is 0.344 e. The fourth-order valence-electron chi connectivity index (χ4n) is 3.58. The van der Waals surface area contributed by atoms with E-state index in [-0.39, 0.29) is 11.9 Å². The van der Waals surface area contributed by atoms with Gasteiger partial charge in [0, 0.05) is 12.6 Å². The summed E-state index contributed by atoms with van der Waals surface area (Å²) >= 11 is 0. The number of benzene rings is 2. The average Bonchev–Trinajstić information content (AvgIpc) is 3.25. The predicted molar refractivity (Wildman–Crippen MR) is 112 cm³/mol. The van der Waals surface area contributed by atoms with Gasteiger partial charge in [0.2, 0.25) is 5.91 Å². The van der Waals surface area contributed by atoms with Crippen molar-refractivity contribution in [2.45, 2.75) is 18.9 Å². The number of nitrogens with one attached hydrogen (secondary N) is 1. The van der Waals surface area contributed by atoms with E-state index in [0.717, 1.165) is 36.2 Å². The van der Waals surface area contributed by atoms with E-state index >= 15 is 0 Å². The van der Waals surface area contributed by atoms with Crippen LogP contribution in [0.15, 0.2) is 66.9 Å². The monoisotopic (exact) mass is 372 g/mol. The highest BCUT2D eigenvalue weighted by Gasteiger charge is 2.19. The van der Waals surface area contributed by atoms with Gasteiger partial charge in [0.05, 0.1) is 29.0 Å². The topological polar surface area (TPSA) is 58.1 Å². The van der Waals surface area contributed by atoms with E-state index < -0.39 is 0 Å². The molecule has 5 nitrogen and oxygen atoms in total. The summed E-state index contributed by atoms with van der Waals surface area (Å²) in [4.78, 5) is 23.9. The van der Waals surface area contributed by atoms with E-state index in [0.29, 0.717) is 5.69 Å². The molecule has 2 aromatic carbocycles. The van der Waals surface area contributed by atoms with E-state index in [2.05, 4.69) is 32.3 Å². The Kier molecular flexibility index (Phi) is 5.73. The second-order valence-corrected chi connectivity index (χ2v) is 7.10. The molecule has 28 heavy (non-hydrogen) atoms. The lowest BCUT2D eigenvalue weighted by molar-refractivity contribution is -0.117. The minimum Gasteiger partial charge on any atom is -0.344 e. The number of para-hydroxylation sites is 2. The number of hydrogen-bond donors (Lipinski definition) is 1. The van der Waals surface area contributed by atoms with Crippen molar-refractivity contribution in [2.75, 3.05) is 19.6 Å². The Labute approximate surface area is 165 Å². The summed E-state index contributed by atoms with van der Waals surface area (Å²) in [5.41, 5.74) is 3.46. The second-order valence-electron chi connectivity index (χ2n) is 7.10. The Morgan fingerprint density at radius 1 is 1.04 bits per heavy atom. The average molecular weight is 372 g/mol.